The maximum Gasteiger partial charge on any atom is 0.272 e. The number of hydrogen-bond donors (Lipinski definition) is 7. The molecule has 4 amide bonds. The zero-order valence-corrected chi connectivity index (χ0v) is 18.3. The molecule has 34 heavy (non-hydrogen) atoms. The number of nitrogens with two attached hydrogens (primary N) is 1. The monoisotopic (exact) mass is 488 g/mol. The number of aromatic nitrogens is 2. The Morgan fingerprint density at radius 3 is 2.68 bits per heavy atom. The number of carbonyl (C=O) groups excluding carboxylic acids is 4. The normalized spacial score (nSPS) is 19.4. The summed E-state index contributed by atoms with van der Waals surface area (Å²) in [6.45, 7) is 0.319. The van der Waals surface area contributed by atoms with E-state index in [1.807, 2.05) is 0 Å². The van der Waals surface area contributed by atoms with Gasteiger partial charge in [-0.05, 0) is 0 Å². The number of likely N-dealkylation sites (tertiary alicyclic amines) is 1. The summed E-state index contributed by atoms with van der Waals surface area (Å²) in [5.41, 5.74) is 4.49. The van der Waals surface area contributed by atoms with Gasteiger partial charge in [-0.2, -0.15) is 0 Å². The first kappa shape index (κ1) is 22.9. The fourth-order valence-corrected chi connectivity index (χ4v) is 3.99. The highest BCUT2D eigenvalue weighted by Crippen LogP contribution is 2.18. The summed E-state index contributed by atoms with van der Waals surface area (Å²) in [5.74, 6) is -3.01. The van der Waals surface area contributed by atoms with Gasteiger partial charge in [-0.25, -0.2) is 4.98 Å². The minimum atomic E-state index is -0.921. The lowest BCUT2D eigenvalue weighted by molar-refractivity contribution is -0.136. The molecule has 0 bridgehead atoms. The molecule has 2 aromatic heterocycles. The van der Waals surface area contributed by atoms with Crippen LogP contribution in [0.25, 0.3) is 0 Å². The van der Waals surface area contributed by atoms with Gasteiger partial charge in [0.25, 0.3) is 11.8 Å². The van der Waals surface area contributed by atoms with Crippen molar-refractivity contribution in [2.45, 2.75) is 12.1 Å². The first-order valence-electron chi connectivity index (χ1n) is 10.0. The van der Waals surface area contributed by atoms with E-state index in [2.05, 4.69) is 25.9 Å². The number of nitrogens with one attached hydrogen (secondary N) is 5. The van der Waals surface area contributed by atoms with E-state index in [-0.39, 0.29) is 42.1 Å². The topological polar surface area (TPSA) is 223 Å². The maximum absolute atomic E-state index is 12.4. The van der Waals surface area contributed by atoms with Gasteiger partial charge in [0.05, 0.1) is 12.0 Å². The number of rotatable bonds is 7. The molecule has 2 aliphatic rings. The van der Waals surface area contributed by atoms with Gasteiger partial charge in [-0.3, -0.25) is 29.4 Å². The number of aromatic hydroxyl groups is 1. The lowest BCUT2D eigenvalue weighted by Gasteiger charge is -2.40. The standard InChI is InChI=1S/C19H20N8O6S/c20-13(10-6-34-19(21)25-10)16(31)26-14-9(24-17(14)32)2-23-15(30)7-4-27(5-7)18(33)8-1-11(28)12(29)3-22-8/h1,3,6-7,9,14,20,29H,2,4-5H2,(H2,21,25)(H,22,28)(H,23,30)(H,24,32)(H,26,31). The summed E-state index contributed by atoms with van der Waals surface area (Å²) in [6.07, 6.45) is 1.02. The van der Waals surface area contributed by atoms with Crippen LogP contribution in [0.15, 0.2) is 22.4 Å². The maximum atomic E-state index is 12.4. The van der Waals surface area contributed by atoms with Crippen molar-refractivity contribution in [2.24, 2.45) is 5.92 Å². The second kappa shape index (κ2) is 8.93. The first-order valence-corrected chi connectivity index (χ1v) is 10.9. The van der Waals surface area contributed by atoms with E-state index in [4.69, 9.17) is 11.1 Å². The van der Waals surface area contributed by atoms with Crippen LogP contribution >= 0.6 is 11.3 Å². The zero-order chi connectivity index (χ0) is 24.6. The van der Waals surface area contributed by atoms with Gasteiger partial charge in [-0.1, -0.05) is 0 Å². The van der Waals surface area contributed by atoms with Gasteiger partial charge in [0.1, 0.15) is 23.1 Å². The number of H-pyrrole nitrogens is 1. The molecule has 4 heterocycles. The van der Waals surface area contributed by atoms with Crippen LogP contribution in [0, 0.1) is 11.3 Å². The number of β-lactam (4-membered cyclic amide) rings is 1. The molecule has 2 aliphatic heterocycles. The van der Waals surface area contributed by atoms with Crippen LogP contribution in [-0.4, -0.2) is 81.0 Å². The van der Waals surface area contributed by atoms with Crippen molar-refractivity contribution in [1.29, 1.82) is 5.41 Å². The number of amides is 4. The summed E-state index contributed by atoms with van der Waals surface area (Å²) in [7, 11) is 0. The molecule has 14 nitrogen and oxygen atoms in total. The van der Waals surface area contributed by atoms with E-state index >= 15 is 0 Å². The quantitative estimate of drug-likeness (QED) is 0.161. The van der Waals surface area contributed by atoms with Crippen LogP contribution in [-0.2, 0) is 14.4 Å². The van der Waals surface area contributed by atoms with Crippen molar-refractivity contribution >= 4 is 45.8 Å². The third-order valence-electron chi connectivity index (χ3n) is 5.46. The van der Waals surface area contributed by atoms with Crippen molar-refractivity contribution in [1.82, 2.24) is 30.8 Å². The van der Waals surface area contributed by atoms with Gasteiger partial charge < -0.3 is 36.7 Å². The van der Waals surface area contributed by atoms with E-state index in [1.165, 1.54) is 10.3 Å². The Morgan fingerprint density at radius 2 is 2.06 bits per heavy atom. The van der Waals surface area contributed by atoms with E-state index in [0.29, 0.717) is 0 Å². The van der Waals surface area contributed by atoms with Crippen LogP contribution in [0.4, 0.5) is 5.13 Å². The second-order valence-corrected chi connectivity index (χ2v) is 8.65. The first-order chi connectivity index (χ1) is 16.1. The van der Waals surface area contributed by atoms with Gasteiger partial charge in [0.15, 0.2) is 10.9 Å². The highest BCUT2D eigenvalue weighted by atomic mass is 32.1. The Hall–Kier alpha value is -4.27. The molecule has 4 rings (SSSR count). The van der Waals surface area contributed by atoms with E-state index in [9.17, 15) is 29.1 Å². The average molecular weight is 488 g/mol. The Kier molecular flexibility index (Phi) is 6.02. The molecule has 2 unspecified atom stereocenters. The number of nitrogen functional groups attached to an aromatic ring is 1. The largest absolute Gasteiger partial charge is 0.503 e. The summed E-state index contributed by atoms with van der Waals surface area (Å²) >= 11 is 1.08. The van der Waals surface area contributed by atoms with Crippen LogP contribution in [0.5, 0.6) is 5.75 Å². The van der Waals surface area contributed by atoms with Crippen LogP contribution in [0.2, 0.25) is 0 Å². The molecular weight excluding hydrogens is 468 g/mol. The molecule has 2 fully saturated rings. The van der Waals surface area contributed by atoms with Crippen molar-refractivity contribution < 1.29 is 24.3 Å². The fourth-order valence-electron chi connectivity index (χ4n) is 3.43. The highest BCUT2D eigenvalue weighted by Gasteiger charge is 2.42. The molecule has 2 saturated heterocycles. The minimum absolute atomic E-state index is 0.00308. The molecule has 8 N–H and O–H groups in total. The molecule has 15 heteroatoms. The number of anilines is 1. The smallest absolute Gasteiger partial charge is 0.272 e. The molecule has 0 saturated carbocycles. The predicted octanol–water partition coefficient (Wildman–Crippen LogP) is -2.64. The van der Waals surface area contributed by atoms with E-state index in [0.717, 1.165) is 23.6 Å². The summed E-state index contributed by atoms with van der Waals surface area (Å²) < 4.78 is 0. The average Bonchev–Trinajstić information content (AvgIpc) is 3.21. The van der Waals surface area contributed by atoms with Crippen LogP contribution in [0.3, 0.4) is 0 Å². The Labute approximate surface area is 195 Å². The molecular formula is C19H20N8O6S. The minimum Gasteiger partial charge on any atom is -0.503 e. The molecule has 0 aliphatic carbocycles. The molecule has 0 radical (unpaired) electrons. The van der Waals surface area contributed by atoms with Gasteiger partial charge in [0, 0.05) is 37.3 Å². The zero-order valence-electron chi connectivity index (χ0n) is 17.5. The van der Waals surface area contributed by atoms with Gasteiger partial charge in [-0.15, -0.1) is 11.3 Å². The van der Waals surface area contributed by atoms with Crippen molar-refractivity contribution in [3.63, 3.8) is 0 Å². The Bertz CT molecular complexity index is 1250. The SMILES string of the molecule is N=C(C(=O)NC1C(=O)NC1CNC(=O)C1CN(C(=O)c2cc(=O)c(O)c[nH]2)C1)c1csc(N)n1. The number of thiazole rings is 1. The van der Waals surface area contributed by atoms with E-state index < -0.39 is 52.6 Å². The number of aromatic amines is 1. The highest BCUT2D eigenvalue weighted by molar-refractivity contribution is 7.13. The van der Waals surface area contributed by atoms with Crippen molar-refractivity contribution in [3.8, 4) is 5.75 Å². The Morgan fingerprint density at radius 1 is 1.32 bits per heavy atom. The third kappa shape index (κ3) is 4.45. The number of nitrogens with zero attached hydrogens (tertiary/aromatic N) is 2. The number of carbonyl (C=O) groups is 4. The predicted molar refractivity (Wildman–Crippen MR) is 118 cm³/mol. The van der Waals surface area contributed by atoms with Gasteiger partial charge in [0.2, 0.25) is 17.2 Å². The number of pyridine rings is 1. The molecule has 2 aromatic rings. The summed E-state index contributed by atoms with van der Waals surface area (Å²) in [6, 6.07) is -0.495. The molecule has 0 aromatic carbocycles. The molecule has 2 atom stereocenters. The van der Waals surface area contributed by atoms with Gasteiger partial charge >= 0.3 is 0 Å². The van der Waals surface area contributed by atoms with Crippen LogP contribution in [0.1, 0.15) is 16.2 Å². The summed E-state index contributed by atoms with van der Waals surface area (Å²) in [4.78, 5) is 68.1. The third-order valence-corrected chi connectivity index (χ3v) is 6.14. The summed E-state index contributed by atoms with van der Waals surface area (Å²) in [5, 5.41) is 26.5. The fraction of sp³-hybridized carbons (Fsp3) is 0.316. The molecule has 0 spiro atoms. The van der Waals surface area contributed by atoms with Crippen molar-refractivity contribution in [3.05, 3.63) is 39.3 Å². The van der Waals surface area contributed by atoms with Crippen LogP contribution < -0.4 is 27.1 Å². The molecule has 178 valence electrons. The number of hydrogen-bond acceptors (Lipinski definition) is 10. The second-order valence-electron chi connectivity index (χ2n) is 7.76. The van der Waals surface area contributed by atoms with Crippen molar-refractivity contribution in [2.75, 3.05) is 25.4 Å². The van der Waals surface area contributed by atoms with E-state index in [1.54, 1.807) is 0 Å². The Balaban J connectivity index is 1.23. The lowest BCUT2D eigenvalue weighted by Crippen LogP contribution is -2.72. The lowest BCUT2D eigenvalue weighted by atomic mass is 9.96.